The van der Waals surface area contributed by atoms with E-state index in [0.29, 0.717) is 45.1 Å². The lowest BCUT2D eigenvalue weighted by atomic mass is 10.0. The Morgan fingerprint density at radius 1 is 1.12 bits per heavy atom. The number of hydrogen-bond donors (Lipinski definition) is 1. The van der Waals surface area contributed by atoms with Gasteiger partial charge in [-0.25, -0.2) is 13.2 Å². The molecule has 2 fully saturated rings. The zero-order valence-electron chi connectivity index (χ0n) is 19.3. The van der Waals surface area contributed by atoms with E-state index in [9.17, 15) is 22.8 Å². The number of morpholine rings is 1. The fraction of sp³-hybridized carbons (Fsp3) is 0.591. The van der Waals surface area contributed by atoms with Crippen LogP contribution < -0.4 is 14.8 Å². The van der Waals surface area contributed by atoms with Gasteiger partial charge in [-0.3, -0.25) is 9.59 Å². The zero-order chi connectivity index (χ0) is 24.8. The molecule has 2 aliphatic heterocycles. The molecule has 1 aromatic rings. The largest absolute Gasteiger partial charge is 0.490 e. The van der Waals surface area contributed by atoms with E-state index < -0.39 is 33.9 Å². The number of ether oxygens (including phenoxy) is 4. The lowest BCUT2D eigenvalue weighted by Crippen LogP contribution is -2.48. The molecule has 1 N–H and O–H groups in total. The second-order valence-electron chi connectivity index (χ2n) is 8.40. The number of sulfone groups is 1. The lowest BCUT2D eigenvalue weighted by Gasteiger charge is -2.26. The van der Waals surface area contributed by atoms with Crippen LogP contribution in [0.2, 0.25) is 0 Å². The number of nitrogens with one attached hydrogen (secondary N) is 1. The van der Waals surface area contributed by atoms with Gasteiger partial charge in [0.1, 0.15) is 0 Å². The summed E-state index contributed by atoms with van der Waals surface area (Å²) in [5.74, 6) is -1.09. The van der Waals surface area contributed by atoms with Crippen molar-refractivity contribution in [2.75, 3.05) is 57.6 Å². The molecule has 0 aromatic heterocycles. The first kappa shape index (κ1) is 25.8. The third kappa shape index (κ3) is 7.07. The Balaban J connectivity index is 1.55. The molecule has 2 heterocycles. The van der Waals surface area contributed by atoms with Crippen molar-refractivity contribution in [2.45, 2.75) is 25.8 Å². The molecule has 0 spiro atoms. The Morgan fingerprint density at radius 3 is 2.50 bits per heavy atom. The molecule has 1 aromatic carbocycles. The van der Waals surface area contributed by atoms with Crippen LogP contribution in [0, 0.1) is 0 Å². The minimum atomic E-state index is -3.18. The van der Waals surface area contributed by atoms with E-state index in [1.54, 1.807) is 18.7 Å². The molecule has 1 atom stereocenters. The Hall–Kier alpha value is -2.86. The molecular weight excluding hydrogens is 468 g/mol. The average Bonchev–Trinajstić information content (AvgIpc) is 3.09. The maximum atomic E-state index is 12.4. The quantitative estimate of drug-likeness (QED) is 0.472. The van der Waals surface area contributed by atoms with E-state index in [1.807, 2.05) is 0 Å². The third-order valence-corrected chi connectivity index (χ3v) is 7.38. The number of amides is 2. The number of carbonyl (C=O) groups is 3. The molecule has 11 nitrogen and oxygen atoms in total. The monoisotopic (exact) mass is 498 g/mol. The van der Waals surface area contributed by atoms with Crippen molar-refractivity contribution in [3.8, 4) is 11.5 Å². The first-order valence-corrected chi connectivity index (χ1v) is 12.9. The minimum absolute atomic E-state index is 0.0102. The van der Waals surface area contributed by atoms with Crippen LogP contribution >= 0.6 is 0 Å². The van der Waals surface area contributed by atoms with Crippen molar-refractivity contribution in [1.82, 2.24) is 10.2 Å². The number of nitrogens with zero attached hydrogens (tertiary/aromatic N) is 1. The molecule has 2 saturated heterocycles. The predicted molar refractivity (Wildman–Crippen MR) is 121 cm³/mol. The topological polar surface area (TPSA) is 138 Å². The van der Waals surface area contributed by atoms with E-state index in [0.717, 1.165) is 0 Å². The highest BCUT2D eigenvalue weighted by molar-refractivity contribution is 7.91. The standard InChI is InChI=1S/C22H30N2O9S/c1-3-31-18-12-16(4-5-17(18)32-14-20(26)24-7-9-30-10-8-24)21(27)33-13-19(25)23-22(2)6-11-34(28,29)15-22/h4-5,12H,3,6-11,13-15H2,1-2H3,(H,23,25)/t22-/m1/s1. The summed E-state index contributed by atoms with van der Waals surface area (Å²) >= 11 is 0. The van der Waals surface area contributed by atoms with E-state index in [-0.39, 0.29) is 35.3 Å². The van der Waals surface area contributed by atoms with Gasteiger partial charge in [0.15, 0.2) is 34.6 Å². The molecule has 2 amide bonds. The van der Waals surface area contributed by atoms with Gasteiger partial charge in [-0.1, -0.05) is 0 Å². The molecule has 12 heteroatoms. The summed E-state index contributed by atoms with van der Waals surface area (Å²) in [5.41, 5.74) is -0.736. The van der Waals surface area contributed by atoms with Crippen LogP contribution in [0.1, 0.15) is 30.6 Å². The number of benzene rings is 1. The Labute approximate surface area is 198 Å². The maximum Gasteiger partial charge on any atom is 0.338 e. The van der Waals surface area contributed by atoms with Gasteiger partial charge in [0.2, 0.25) is 0 Å². The fourth-order valence-corrected chi connectivity index (χ4v) is 5.86. The van der Waals surface area contributed by atoms with Gasteiger partial charge in [0.25, 0.3) is 11.8 Å². The second-order valence-corrected chi connectivity index (χ2v) is 10.6. The van der Waals surface area contributed by atoms with E-state index in [1.165, 1.54) is 18.2 Å². The van der Waals surface area contributed by atoms with Gasteiger partial charge >= 0.3 is 5.97 Å². The summed E-state index contributed by atoms with van der Waals surface area (Å²) in [7, 11) is -3.18. The van der Waals surface area contributed by atoms with Crippen molar-refractivity contribution in [1.29, 1.82) is 0 Å². The number of hydrogen-bond acceptors (Lipinski definition) is 9. The van der Waals surface area contributed by atoms with Gasteiger partial charge in [0, 0.05) is 13.1 Å². The molecule has 34 heavy (non-hydrogen) atoms. The highest BCUT2D eigenvalue weighted by Gasteiger charge is 2.39. The molecule has 0 radical (unpaired) electrons. The number of rotatable bonds is 9. The van der Waals surface area contributed by atoms with Crippen LogP contribution in [0.15, 0.2) is 18.2 Å². The SMILES string of the molecule is CCOc1cc(C(=O)OCC(=O)N[C@]2(C)CCS(=O)(=O)C2)ccc1OCC(=O)N1CCOCC1. The van der Waals surface area contributed by atoms with Crippen LogP contribution in [0.3, 0.4) is 0 Å². The Bertz CT molecular complexity index is 1020. The molecule has 0 saturated carbocycles. The molecule has 2 aliphatic rings. The molecule has 3 rings (SSSR count). The Kier molecular flexibility index (Phi) is 8.37. The fourth-order valence-electron chi connectivity index (χ4n) is 3.76. The van der Waals surface area contributed by atoms with Crippen molar-refractivity contribution in [3.63, 3.8) is 0 Å². The maximum absolute atomic E-state index is 12.4. The van der Waals surface area contributed by atoms with Crippen LogP contribution in [0.25, 0.3) is 0 Å². The zero-order valence-corrected chi connectivity index (χ0v) is 20.1. The van der Waals surface area contributed by atoms with Gasteiger partial charge in [-0.15, -0.1) is 0 Å². The van der Waals surface area contributed by atoms with Crippen LogP contribution in [0.4, 0.5) is 0 Å². The van der Waals surface area contributed by atoms with E-state index >= 15 is 0 Å². The molecular formula is C22H30N2O9S. The Morgan fingerprint density at radius 2 is 1.85 bits per heavy atom. The highest BCUT2D eigenvalue weighted by Crippen LogP contribution is 2.29. The van der Waals surface area contributed by atoms with Crippen LogP contribution in [0.5, 0.6) is 11.5 Å². The summed E-state index contributed by atoms with van der Waals surface area (Å²) < 4.78 is 44.8. The number of carbonyl (C=O) groups excluding carboxylic acids is 3. The van der Waals surface area contributed by atoms with Crippen LogP contribution in [-0.2, 0) is 28.9 Å². The van der Waals surface area contributed by atoms with Gasteiger partial charge in [-0.05, 0) is 38.5 Å². The van der Waals surface area contributed by atoms with Gasteiger partial charge < -0.3 is 29.2 Å². The van der Waals surface area contributed by atoms with Crippen LogP contribution in [-0.4, -0.2) is 94.3 Å². The minimum Gasteiger partial charge on any atom is -0.490 e. The van der Waals surface area contributed by atoms with Gasteiger partial charge in [0.05, 0.1) is 42.4 Å². The highest BCUT2D eigenvalue weighted by atomic mass is 32.2. The van der Waals surface area contributed by atoms with Gasteiger partial charge in [-0.2, -0.15) is 0 Å². The normalized spacial score (nSPS) is 21.5. The van der Waals surface area contributed by atoms with E-state index in [2.05, 4.69) is 5.32 Å². The predicted octanol–water partition coefficient (Wildman–Crippen LogP) is 0.173. The van der Waals surface area contributed by atoms with Crippen molar-refractivity contribution >= 4 is 27.6 Å². The smallest absolute Gasteiger partial charge is 0.338 e. The lowest BCUT2D eigenvalue weighted by molar-refractivity contribution is -0.137. The summed E-state index contributed by atoms with van der Waals surface area (Å²) in [6, 6.07) is 4.37. The molecule has 0 unspecified atom stereocenters. The summed E-state index contributed by atoms with van der Waals surface area (Å²) in [4.78, 5) is 38.6. The molecule has 0 aliphatic carbocycles. The molecule has 0 bridgehead atoms. The summed E-state index contributed by atoms with van der Waals surface area (Å²) in [6.45, 7) is 4.98. The summed E-state index contributed by atoms with van der Waals surface area (Å²) in [6.07, 6.45) is 0.308. The molecule has 188 valence electrons. The summed E-state index contributed by atoms with van der Waals surface area (Å²) in [5, 5.41) is 2.63. The van der Waals surface area contributed by atoms with E-state index in [4.69, 9.17) is 18.9 Å². The first-order valence-electron chi connectivity index (χ1n) is 11.0. The second kappa shape index (κ2) is 11.0. The van der Waals surface area contributed by atoms with Crippen molar-refractivity contribution < 1.29 is 41.7 Å². The van der Waals surface area contributed by atoms with Crippen molar-refractivity contribution in [2.24, 2.45) is 0 Å². The average molecular weight is 499 g/mol. The number of esters is 1. The third-order valence-electron chi connectivity index (χ3n) is 5.47. The van der Waals surface area contributed by atoms with Crippen molar-refractivity contribution in [3.05, 3.63) is 23.8 Å². The first-order chi connectivity index (χ1) is 16.1.